The van der Waals surface area contributed by atoms with E-state index in [-0.39, 0.29) is 23.7 Å². The van der Waals surface area contributed by atoms with E-state index in [2.05, 4.69) is 5.10 Å². The van der Waals surface area contributed by atoms with E-state index in [1.54, 1.807) is 9.58 Å². The Labute approximate surface area is 129 Å². The van der Waals surface area contributed by atoms with E-state index < -0.39 is 10.5 Å². The van der Waals surface area contributed by atoms with Gasteiger partial charge in [0.1, 0.15) is 18.0 Å². The molecule has 0 spiro atoms. The van der Waals surface area contributed by atoms with Crippen molar-refractivity contribution in [3.63, 3.8) is 0 Å². The minimum Gasteiger partial charge on any atom is -0.444 e. The third-order valence-corrected chi connectivity index (χ3v) is 3.65. The molecule has 0 radical (unpaired) electrons. The number of piperidine rings is 1. The summed E-state index contributed by atoms with van der Waals surface area (Å²) in [6, 6.07) is 0.0485. The van der Waals surface area contributed by atoms with Crippen LogP contribution in [0.25, 0.3) is 0 Å². The lowest BCUT2D eigenvalue weighted by molar-refractivity contribution is -0.385. The summed E-state index contributed by atoms with van der Waals surface area (Å²) in [5.74, 6) is 0.140. The Hall–Kier alpha value is -2.12. The van der Waals surface area contributed by atoms with E-state index in [9.17, 15) is 14.9 Å². The maximum Gasteiger partial charge on any atom is 0.410 e. The van der Waals surface area contributed by atoms with Gasteiger partial charge in [0.2, 0.25) is 0 Å². The Morgan fingerprint density at radius 2 is 2.18 bits per heavy atom. The monoisotopic (exact) mass is 310 g/mol. The minimum absolute atomic E-state index is 0.0122. The first-order chi connectivity index (χ1) is 10.2. The van der Waals surface area contributed by atoms with Crippen molar-refractivity contribution in [3.05, 3.63) is 22.5 Å². The van der Waals surface area contributed by atoms with Gasteiger partial charge in [0.05, 0.1) is 11.0 Å². The molecule has 2 rings (SSSR count). The average Bonchev–Trinajstić information content (AvgIpc) is 2.86. The van der Waals surface area contributed by atoms with E-state index in [0.29, 0.717) is 19.5 Å². The summed E-state index contributed by atoms with van der Waals surface area (Å²) in [6.07, 6.45) is 3.08. The van der Waals surface area contributed by atoms with E-state index >= 15 is 0 Å². The first-order valence-corrected chi connectivity index (χ1v) is 7.34. The van der Waals surface area contributed by atoms with Crippen molar-refractivity contribution in [3.8, 4) is 0 Å². The van der Waals surface area contributed by atoms with Crippen molar-refractivity contribution in [1.82, 2.24) is 14.7 Å². The number of hydrogen-bond donors (Lipinski definition) is 0. The molecule has 0 N–H and O–H groups in total. The van der Waals surface area contributed by atoms with Crippen LogP contribution in [-0.4, -0.2) is 44.4 Å². The van der Waals surface area contributed by atoms with Gasteiger partial charge in [-0.15, -0.1) is 0 Å². The van der Waals surface area contributed by atoms with Gasteiger partial charge >= 0.3 is 11.8 Å². The van der Waals surface area contributed by atoms with Crippen LogP contribution in [0.5, 0.6) is 0 Å². The lowest BCUT2D eigenvalue weighted by atomic mass is 9.94. The molecule has 1 fully saturated rings. The van der Waals surface area contributed by atoms with Crippen molar-refractivity contribution in [1.29, 1.82) is 0 Å². The Kier molecular flexibility index (Phi) is 4.39. The molecular formula is C14H22N4O4. The van der Waals surface area contributed by atoms with Crippen LogP contribution in [0, 0.1) is 16.0 Å². The SMILES string of the molecule is C[C@@H]1CN(C(=O)OC(C)(C)C)CC[C@@H]1n1cc([N+](=O)[O-])cn1. The quantitative estimate of drug-likeness (QED) is 0.618. The first-order valence-electron chi connectivity index (χ1n) is 7.34. The number of carbonyl (C=O) groups is 1. The third-order valence-electron chi connectivity index (χ3n) is 3.65. The van der Waals surface area contributed by atoms with Crippen LogP contribution in [-0.2, 0) is 4.74 Å². The number of amides is 1. The molecule has 0 aliphatic carbocycles. The molecular weight excluding hydrogens is 288 g/mol. The molecule has 8 heteroatoms. The zero-order chi connectivity index (χ0) is 16.5. The van der Waals surface area contributed by atoms with Gasteiger partial charge in [0, 0.05) is 13.1 Å². The Morgan fingerprint density at radius 1 is 1.50 bits per heavy atom. The van der Waals surface area contributed by atoms with Crippen molar-refractivity contribution >= 4 is 11.8 Å². The normalized spacial score (nSPS) is 22.5. The second kappa shape index (κ2) is 5.94. The number of nitrogens with zero attached hydrogens (tertiary/aromatic N) is 4. The van der Waals surface area contributed by atoms with Crippen LogP contribution in [0.1, 0.15) is 40.2 Å². The molecule has 0 saturated carbocycles. The number of carbonyl (C=O) groups excluding carboxylic acids is 1. The molecule has 1 amide bonds. The molecule has 1 aromatic heterocycles. The summed E-state index contributed by atoms with van der Waals surface area (Å²) in [5.41, 5.74) is -0.526. The van der Waals surface area contributed by atoms with E-state index in [4.69, 9.17) is 4.74 Å². The zero-order valence-electron chi connectivity index (χ0n) is 13.4. The van der Waals surface area contributed by atoms with Gasteiger partial charge < -0.3 is 9.64 Å². The molecule has 0 bridgehead atoms. The van der Waals surface area contributed by atoms with Crippen LogP contribution in [0.2, 0.25) is 0 Å². The van der Waals surface area contributed by atoms with Crippen molar-refractivity contribution in [2.24, 2.45) is 5.92 Å². The average molecular weight is 310 g/mol. The molecule has 2 heterocycles. The molecule has 22 heavy (non-hydrogen) atoms. The standard InChI is InChI=1S/C14H22N4O4/c1-10-8-16(13(19)22-14(2,3)4)6-5-12(10)17-9-11(7-15-17)18(20)21/h7,9-10,12H,5-6,8H2,1-4H3/t10-,12+/m1/s1. The summed E-state index contributed by atoms with van der Waals surface area (Å²) in [4.78, 5) is 24.1. The van der Waals surface area contributed by atoms with Gasteiger partial charge in [-0.1, -0.05) is 6.92 Å². The summed E-state index contributed by atoms with van der Waals surface area (Å²) < 4.78 is 7.01. The minimum atomic E-state index is -0.514. The maximum absolute atomic E-state index is 12.1. The van der Waals surface area contributed by atoms with E-state index in [0.717, 1.165) is 0 Å². The summed E-state index contributed by atoms with van der Waals surface area (Å²) in [7, 11) is 0. The van der Waals surface area contributed by atoms with Crippen LogP contribution >= 0.6 is 0 Å². The smallest absolute Gasteiger partial charge is 0.410 e. The highest BCUT2D eigenvalue weighted by atomic mass is 16.6. The molecule has 1 aromatic rings. The molecule has 0 unspecified atom stereocenters. The lowest BCUT2D eigenvalue weighted by Crippen LogP contribution is -2.45. The Bertz CT molecular complexity index is 563. The van der Waals surface area contributed by atoms with Gasteiger partial charge in [-0.05, 0) is 33.1 Å². The summed E-state index contributed by atoms with van der Waals surface area (Å²) in [5, 5.41) is 14.8. The second-order valence-electron chi connectivity index (χ2n) is 6.70. The van der Waals surface area contributed by atoms with Crippen LogP contribution in [0.4, 0.5) is 10.5 Å². The van der Waals surface area contributed by atoms with Gasteiger partial charge in [0.25, 0.3) is 0 Å². The molecule has 122 valence electrons. The lowest BCUT2D eigenvalue weighted by Gasteiger charge is -2.37. The molecule has 1 aliphatic heterocycles. The first kappa shape index (κ1) is 16.3. The predicted molar refractivity (Wildman–Crippen MR) is 79.5 cm³/mol. The van der Waals surface area contributed by atoms with Gasteiger partial charge in [-0.3, -0.25) is 14.8 Å². The van der Waals surface area contributed by atoms with Crippen molar-refractivity contribution in [2.45, 2.75) is 45.8 Å². The topological polar surface area (TPSA) is 90.5 Å². The second-order valence-corrected chi connectivity index (χ2v) is 6.70. The maximum atomic E-state index is 12.1. The Morgan fingerprint density at radius 3 is 2.68 bits per heavy atom. The van der Waals surface area contributed by atoms with Crippen LogP contribution in [0.3, 0.4) is 0 Å². The number of aromatic nitrogens is 2. The number of rotatable bonds is 2. The number of nitro groups is 1. The fraction of sp³-hybridized carbons (Fsp3) is 0.714. The highest BCUT2D eigenvalue weighted by Gasteiger charge is 2.33. The number of likely N-dealkylation sites (tertiary alicyclic amines) is 1. The van der Waals surface area contributed by atoms with Gasteiger partial charge in [-0.25, -0.2) is 4.79 Å². The highest BCUT2D eigenvalue weighted by molar-refractivity contribution is 5.68. The zero-order valence-corrected chi connectivity index (χ0v) is 13.4. The summed E-state index contributed by atoms with van der Waals surface area (Å²) >= 11 is 0. The molecule has 0 aromatic carbocycles. The van der Waals surface area contributed by atoms with Crippen molar-refractivity contribution in [2.75, 3.05) is 13.1 Å². The highest BCUT2D eigenvalue weighted by Crippen LogP contribution is 2.29. The number of hydrogen-bond acceptors (Lipinski definition) is 5. The fourth-order valence-corrected chi connectivity index (χ4v) is 2.62. The molecule has 2 atom stereocenters. The largest absolute Gasteiger partial charge is 0.444 e. The third kappa shape index (κ3) is 3.75. The summed E-state index contributed by atoms with van der Waals surface area (Å²) in [6.45, 7) is 8.62. The van der Waals surface area contributed by atoms with Crippen LogP contribution < -0.4 is 0 Å². The van der Waals surface area contributed by atoms with E-state index in [1.807, 2.05) is 27.7 Å². The van der Waals surface area contributed by atoms with Crippen molar-refractivity contribution < 1.29 is 14.5 Å². The van der Waals surface area contributed by atoms with Gasteiger partial charge in [-0.2, -0.15) is 5.10 Å². The van der Waals surface area contributed by atoms with E-state index in [1.165, 1.54) is 12.4 Å². The molecule has 1 aliphatic rings. The Balaban J connectivity index is 2.00. The fourth-order valence-electron chi connectivity index (χ4n) is 2.62. The predicted octanol–water partition coefficient (Wildman–Crippen LogP) is 2.61. The number of ether oxygens (including phenoxy) is 1. The molecule has 8 nitrogen and oxygen atoms in total. The van der Waals surface area contributed by atoms with Gasteiger partial charge in [0.15, 0.2) is 0 Å². The van der Waals surface area contributed by atoms with Crippen LogP contribution in [0.15, 0.2) is 12.4 Å². The molecule has 1 saturated heterocycles.